The van der Waals surface area contributed by atoms with E-state index in [1.807, 2.05) is 0 Å². The van der Waals surface area contributed by atoms with Crippen molar-refractivity contribution in [3.63, 3.8) is 0 Å². The standard InChI is InChI=1S/C19H10Cl3FN4O.C19H10Cl3FN4.C19H9Cl3FN3O.C19H9Cl3FN3/c20-12-2-1-3-13(21)15(12)18-17-11(6-7-27(18)28)16(25-19(24)26-17)10-5-4-9(23)8-14(10)22;20-12-2-1-3-13(21)15(12)18-17-11(6-7-25-18)16(26-19(24)27-17)10-5-4-9(23)8-14(10)22;20-13-2-1-3-14(21)16(13)19-18-12(6-7-26(19)27)17(24-9-25-18)11-5-4-10(23)8-15(11)22;20-13-2-1-3-14(21)16(13)19-18-12(6-7-24-19)17(25-9-26-18)11-5-4-10(23)8-15(11)22/h1-8H,(H2,24,25,26);1-8H,(H2,24,26,27);1-9H;1-9H. The van der Waals surface area contributed by atoms with Crippen LogP contribution in [0.3, 0.4) is 0 Å². The van der Waals surface area contributed by atoms with Crippen LogP contribution < -0.4 is 20.9 Å². The Kier molecular flexibility index (Phi) is 23.0. The quantitative estimate of drug-likeness (QED) is 0.0818. The number of aromatic nitrogens is 12. The molecule has 16 rings (SSSR count). The van der Waals surface area contributed by atoms with Crippen molar-refractivity contribution in [2.75, 3.05) is 11.5 Å². The van der Waals surface area contributed by atoms with Gasteiger partial charge in [-0.3, -0.25) is 9.97 Å². The zero-order valence-electron chi connectivity index (χ0n) is 54.0. The molecule has 536 valence electrons. The molecule has 0 unspecified atom stereocenters. The summed E-state index contributed by atoms with van der Waals surface area (Å²) in [6.45, 7) is 0. The monoisotopic (exact) mass is 1670 g/mol. The first-order valence-corrected chi connectivity index (χ1v) is 35.6. The van der Waals surface area contributed by atoms with Crippen molar-refractivity contribution in [3.8, 4) is 90.1 Å². The van der Waals surface area contributed by atoms with Crippen LogP contribution in [0.5, 0.6) is 0 Å². The average Bonchev–Trinajstić information content (AvgIpc) is 0.766. The highest BCUT2D eigenvalue weighted by atomic mass is 35.5. The van der Waals surface area contributed by atoms with E-state index in [-0.39, 0.29) is 58.9 Å². The van der Waals surface area contributed by atoms with E-state index in [4.69, 9.17) is 151 Å². The van der Waals surface area contributed by atoms with E-state index >= 15 is 0 Å². The molecule has 0 radical (unpaired) electrons. The van der Waals surface area contributed by atoms with Gasteiger partial charge in [0.2, 0.25) is 11.9 Å². The largest absolute Gasteiger partial charge is 0.618 e. The summed E-state index contributed by atoms with van der Waals surface area (Å²) >= 11 is 75.4. The van der Waals surface area contributed by atoms with Crippen LogP contribution in [0.2, 0.25) is 60.3 Å². The molecule has 4 N–H and O–H groups in total. The van der Waals surface area contributed by atoms with Gasteiger partial charge in [0.25, 0.3) is 11.4 Å². The third kappa shape index (κ3) is 15.6. The summed E-state index contributed by atoms with van der Waals surface area (Å²) in [4.78, 5) is 43.2. The van der Waals surface area contributed by atoms with Gasteiger partial charge in [-0.15, -0.1) is 0 Å². The van der Waals surface area contributed by atoms with E-state index in [2.05, 4.69) is 49.8 Å². The molecule has 0 bridgehead atoms. The lowest BCUT2D eigenvalue weighted by molar-refractivity contribution is -0.592. The maximum absolute atomic E-state index is 13.5. The Morgan fingerprint density at radius 3 is 0.944 bits per heavy atom. The van der Waals surface area contributed by atoms with Crippen molar-refractivity contribution in [1.29, 1.82) is 0 Å². The van der Waals surface area contributed by atoms with Crippen molar-refractivity contribution >= 4 is 195 Å². The number of halogens is 16. The minimum atomic E-state index is -0.485. The number of hydrogen-bond donors (Lipinski definition) is 2. The first kappa shape index (κ1) is 76.3. The zero-order chi connectivity index (χ0) is 76.5. The Hall–Kier alpha value is -9.88. The molecule has 8 aromatic heterocycles. The third-order valence-electron chi connectivity index (χ3n) is 16.2. The normalized spacial score (nSPS) is 11.1. The highest BCUT2D eigenvalue weighted by Crippen LogP contribution is 2.45. The summed E-state index contributed by atoms with van der Waals surface area (Å²) < 4.78 is 55.0. The second kappa shape index (κ2) is 32.5. The van der Waals surface area contributed by atoms with Gasteiger partial charge in [0.1, 0.15) is 52.5 Å². The van der Waals surface area contributed by atoms with Gasteiger partial charge < -0.3 is 21.9 Å². The second-order valence-electron chi connectivity index (χ2n) is 22.8. The van der Waals surface area contributed by atoms with Gasteiger partial charge in [0.05, 0.1) is 106 Å². The summed E-state index contributed by atoms with van der Waals surface area (Å²) in [5.74, 6) is -1.86. The van der Waals surface area contributed by atoms with Crippen molar-refractivity contribution < 1.29 is 27.0 Å². The molecule has 0 atom stereocenters. The van der Waals surface area contributed by atoms with Crippen LogP contribution in [0.1, 0.15) is 0 Å². The van der Waals surface area contributed by atoms with Gasteiger partial charge >= 0.3 is 0 Å². The second-order valence-corrected chi connectivity index (χ2v) is 27.7. The van der Waals surface area contributed by atoms with Crippen LogP contribution in [0.4, 0.5) is 29.5 Å². The van der Waals surface area contributed by atoms with Crippen LogP contribution in [0.25, 0.3) is 134 Å². The van der Waals surface area contributed by atoms with Gasteiger partial charge in [-0.05, 0) is 133 Å². The molecular formula is C76H38Cl12F4N14O2. The predicted molar refractivity (Wildman–Crippen MR) is 424 cm³/mol. The van der Waals surface area contributed by atoms with Crippen molar-refractivity contribution in [2.45, 2.75) is 0 Å². The fourth-order valence-electron chi connectivity index (χ4n) is 11.6. The first-order valence-electron chi connectivity index (χ1n) is 31.0. The van der Waals surface area contributed by atoms with Crippen LogP contribution in [-0.4, -0.2) is 49.8 Å². The lowest BCUT2D eigenvalue weighted by Crippen LogP contribution is -2.29. The molecule has 16 aromatic rings. The maximum atomic E-state index is 13.5. The summed E-state index contributed by atoms with van der Waals surface area (Å²) in [7, 11) is 0. The van der Waals surface area contributed by atoms with Crippen molar-refractivity contribution in [1.82, 2.24) is 49.8 Å². The molecule has 8 aromatic carbocycles. The number of anilines is 2. The number of nitrogens with two attached hydrogens (primary N) is 2. The van der Waals surface area contributed by atoms with E-state index in [1.54, 1.807) is 116 Å². The highest BCUT2D eigenvalue weighted by Gasteiger charge is 2.28. The van der Waals surface area contributed by atoms with Gasteiger partial charge in [-0.25, -0.2) is 57.4 Å². The molecule has 32 heteroatoms. The number of fused-ring (bicyclic) bond motifs is 4. The molecule has 16 nitrogen and oxygen atoms in total. The molecule has 108 heavy (non-hydrogen) atoms. The first-order chi connectivity index (χ1) is 51.8. The van der Waals surface area contributed by atoms with Crippen LogP contribution >= 0.6 is 139 Å². The molecule has 0 aliphatic rings. The van der Waals surface area contributed by atoms with E-state index < -0.39 is 23.3 Å². The Morgan fingerprint density at radius 2 is 0.574 bits per heavy atom. The molecule has 0 spiro atoms. The van der Waals surface area contributed by atoms with E-state index in [0.29, 0.717) is 156 Å². The lowest BCUT2D eigenvalue weighted by atomic mass is 10.0. The SMILES string of the molecule is Fc1ccc(-c2ncnc3c(-c4c(Cl)cccc4Cl)nccc23)c(Cl)c1.Nc1nc(-c2ccc(F)cc2Cl)c2cc[n+]([O-])c(-c3c(Cl)cccc3Cl)c2n1.Nc1nc(-c2ccc(F)cc2Cl)c2ccnc(-c3c(Cl)cccc3Cl)c2n1.[O-][n+]1ccc2c(-c3ccc(F)cc3Cl)ncnc2c1-c1c(Cl)cccc1Cl. The fraction of sp³-hybridized carbons (Fsp3) is 0. The smallest absolute Gasteiger partial charge is 0.253 e. The Balaban J connectivity index is 0.000000127. The minimum Gasteiger partial charge on any atom is -0.618 e. The minimum absolute atomic E-state index is 0.0234. The lowest BCUT2D eigenvalue weighted by Gasteiger charge is -2.13. The summed E-state index contributed by atoms with van der Waals surface area (Å²) in [6.07, 6.45) is 8.55. The van der Waals surface area contributed by atoms with E-state index in [1.165, 1.54) is 91.8 Å². The highest BCUT2D eigenvalue weighted by molar-refractivity contribution is 6.42. The number of nitrogens with zero attached hydrogens (tertiary/aromatic N) is 12. The fourth-order valence-corrected chi connectivity index (χ4v) is 14.9. The van der Waals surface area contributed by atoms with E-state index in [0.717, 1.165) is 0 Å². The summed E-state index contributed by atoms with van der Waals surface area (Å²) in [5.41, 5.74) is 20.6. The molecule has 0 fully saturated rings. The number of benzene rings is 8. The number of hydrogen-bond acceptors (Lipinski definition) is 14. The molecule has 0 aliphatic carbocycles. The van der Waals surface area contributed by atoms with Crippen LogP contribution in [0, 0.1) is 33.7 Å². The molecule has 0 aliphatic heterocycles. The Bertz CT molecular complexity index is 6220. The number of pyridine rings is 4. The topological polar surface area (TPSA) is 235 Å². The van der Waals surface area contributed by atoms with Crippen molar-refractivity contribution in [3.05, 3.63) is 301 Å². The van der Waals surface area contributed by atoms with Gasteiger partial charge in [-0.1, -0.05) is 163 Å². The summed E-state index contributed by atoms with van der Waals surface area (Å²) in [6, 6.07) is 43.1. The van der Waals surface area contributed by atoms with E-state index in [9.17, 15) is 28.0 Å². The molecule has 0 saturated carbocycles. The van der Waals surface area contributed by atoms with Gasteiger partial charge in [0, 0.05) is 79.5 Å². The maximum Gasteiger partial charge on any atom is 0.253 e. The number of nitrogen functional groups attached to an aromatic ring is 2. The molecular weight excluding hydrogens is 1640 g/mol. The zero-order valence-corrected chi connectivity index (χ0v) is 63.1. The Labute approximate surface area is 668 Å². The number of rotatable bonds is 8. The third-order valence-corrected chi connectivity index (χ3v) is 20.0. The molecule has 0 saturated heterocycles. The predicted octanol–water partition coefficient (Wildman–Crippen LogP) is 23.5. The molecule has 8 heterocycles. The van der Waals surface area contributed by atoms with Crippen LogP contribution in [0.15, 0.2) is 207 Å². The van der Waals surface area contributed by atoms with Gasteiger partial charge in [0.15, 0.2) is 17.9 Å². The average molecular weight is 1680 g/mol. The molecule has 0 amide bonds. The summed E-state index contributed by atoms with van der Waals surface area (Å²) in [5, 5.41) is 31.4. The van der Waals surface area contributed by atoms with Gasteiger partial charge in [-0.2, -0.15) is 9.46 Å². The van der Waals surface area contributed by atoms with Crippen LogP contribution in [-0.2, 0) is 0 Å². The Morgan fingerprint density at radius 1 is 0.278 bits per heavy atom. The van der Waals surface area contributed by atoms with Crippen molar-refractivity contribution in [2.24, 2.45) is 0 Å².